The van der Waals surface area contributed by atoms with E-state index in [-0.39, 0.29) is 23.5 Å². The van der Waals surface area contributed by atoms with Crippen LogP contribution in [-0.4, -0.2) is 67.9 Å². The number of nitrogens with zero attached hydrogens (tertiary/aromatic N) is 2. The first kappa shape index (κ1) is 21.3. The Morgan fingerprint density at radius 1 is 1.07 bits per heavy atom. The molecule has 0 aromatic heterocycles. The molecule has 8 heteroatoms. The third-order valence-corrected chi connectivity index (χ3v) is 7.97. The molecule has 4 rings (SSSR count). The Morgan fingerprint density at radius 3 is 2.53 bits per heavy atom. The molecule has 0 radical (unpaired) electrons. The smallest absolute Gasteiger partial charge is 0.257 e. The molecule has 30 heavy (non-hydrogen) atoms. The van der Waals surface area contributed by atoms with Gasteiger partial charge in [0.15, 0.2) is 9.84 Å². The summed E-state index contributed by atoms with van der Waals surface area (Å²) in [6, 6.07) is 15.3. The quantitative estimate of drug-likeness (QED) is 0.641. The van der Waals surface area contributed by atoms with Crippen LogP contribution in [0.5, 0.6) is 5.75 Å². The third kappa shape index (κ3) is 5.04. The number of carbonyl (C=O) groups is 1. The summed E-state index contributed by atoms with van der Waals surface area (Å²) in [5.41, 5.74) is 1.58. The summed E-state index contributed by atoms with van der Waals surface area (Å²) < 4.78 is 30.5. The minimum atomic E-state index is -2.90. The molecular weight excluding hydrogens is 468 g/mol. The van der Waals surface area contributed by atoms with Crippen molar-refractivity contribution in [2.24, 2.45) is 0 Å². The average molecular weight is 493 g/mol. The van der Waals surface area contributed by atoms with Gasteiger partial charge in [0, 0.05) is 36.7 Å². The lowest BCUT2D eigenvalue weighted by Crippen LogP contribution is -2.52. The second kappa shape index (κ2) is 9.08. The molecule has 1 unspecified atom stereocenters. The molecule has 0 N–H and O–H groups in total. The number of hydrogen-bond acceptors (Lipinski definition) is 5. The molecule has 0 aliphatic carbocycles. The van der Waals surface area contributed by atoms with Crippen molar-refractivity contribution in [3.8, 4) is 5.75 Å². The molecule has 160 valence electrons. The van der Waals surface area contributed by atoms with Crippen molar-refractivity contribution in [2.45, 2.75) is 19.1 Å². The zero-order chi connectivity index (χ0) is 21.1. The molecule has 2 saturated heterocycles. The van der Waals surface area contributed by atoms with E-state index < -0.39 is 9.84 Å². The van der Waals surface area contributed by atoms with Crippen molar-refractivity contribution in [3.05, 3.63) is 64.1 Å². The summed E-state index contributed by atoms with van der Waals surface area (Å²) in [7, 11) is -2.90. The monoisotopic (exact) mass is 492 g/mol. The van der Waals surface area contributed by atoms with Gasteiger partial charge in [-0.05, 0) is 36.2 Å². The van der Waals surface area contributed by atoms with E-state index in [4.69, 9.17) is 4.74 Å². The Kier molecular flexibility index (Phi) is 6.46. The minimum Gasteiger partial charge on any atom is -0.488 e. The number of para-hydroxylation sites is 1. The van der Waals surface area contributed by atoms with Crippen LogP contribution in [0, 0.1) is 0 Å². The fraction of sp³-hybridized carbons (Fsp3) is 0.409. The highest BCUT2D eigenvalue weighted by atomic mass is 79.9. The molecule has 0 saturated carbocycles. The lowest BCUT2D eigenvalue weighted by atomic mass is 10.1. The summed E-state index contributed by atoms with van der Waals surface area (Å²) in [6.07, 6.45) is 0.697. The first-order chi connectivity index (χ1) is 14.4. The van der Waals surface area contributed by atoms with Gasteiger partial charge in [0.25, 0.3) is 5.91 Å². The van der Waals surface area contributed by atoms with Gasteiger partial charge in [-0.1, -0.05) is 40.2 Å². The van der Waals surface area contributed by atoms with Crippen LogP contribution in [0.15, 0.2) is 53.0 Å². The number of benzene rings is 2. The predicted molar refractivity (Wildman–Crippen MR) is 119 cm³/mol. The van der Waals surface area contributed by atoms with Gasteiger partial charge in [-0.15, -0.1) is 0 Å². The molecule has 1 amide bonds. The van der Waals surface area contributed by atoms with E-state index in [9.17, 15) is 13.2 Å². The van der Waals surface area contributed by atoms with Gasteiger partial charge < -0.3 is 9.64 Å². The van der Waals surface area contributed by atoms with Crippen LogP contribution in [-0.2, 0) is 16.4 Å². The molecule has 0 spiro atoms. The van der Waals surface area contributed by atoms with Gasteiger partial charge in [0.05, 0.1) is 17.1 Å². The lowest BCUT2D eigenvalue weighted by molar-refractivity contribution is 0.0583. The number of sulfone groups is 1. The Balaban J connectivity index is 1.38. The molecule has 6 nitrogen and oxygen atoms in total. The normalized spacial score (nSPS) is 21.5. The predicted octanol–water partition coefficient (Wildman–Crippen LogP) is 2.97. The molecule has 2 aromatic carbocycles. The molecule has 1 atom stereocenters. The zero-order valence-electron chi connectivity index (χ0n) is 16.7. The highest BCUT2D eigenvalue weighted by Gasteiger charge is 2.34. The largest absolute Gasteiger partial charge is 0.488 e. The van der Waals surface area contributed by atoms with Crippen LogP contribution in [0.4, 0.5) is 0 Å². The molecule has 2 aromatic rings. The summed E-state index contributed by atoms with van der Waals surface area (Å²) in [5.74, 6) is 1.05. The van der Waals surface area contributed by atoms with Crippen LogP contribution in [0.25, 0.3) is 0 Å². The molecule has 2 aliphatic heterocycles. The van der Waals surface area contributed by atoms with Crippen LogP contribution in [0.3, 0.4) is 0 Å². The average Bonchev–Trinajstić information content (AvgIpc) is 3.12. The Bertz CT molecular complexity index is 1020. The first-order valence-corrected chi connectivity index (χ1v) is 12.7. The highest BCUT2D eigenvalue weighted by Crippen LogP contribution is 2.24. The maximum Gasteiger partial charge on any atom is 0.257 e. The van der Waals surface area contributed by atoms with Gasteiger partial charge in [-0.2, -0.15) is 0 Å². The second-order valence-electron chi connectivity index (χ2n) is 7.80. The maximum atomic E-state index is 13.1. The fourth-order valence-electron chi connectivity index (χ4n) is 4.08. The van der Waals surface area contributed by atoms with Crippen LogP contribution in [0.1, 0.15) is 22.3 Å². The summed E-state index contributed by atoms with van der Waals surface area (Å²) in [6.45, 7) is 2.97. The molecule has 2 heterocycles. The van der Waals surface area contributed by atoms with E-state index in [2.05, 4.69) is 20.8 Å². The summed E-state index contributed by atoms with van der Waals surface area (Å²) in [5, 5.41) is 0. The molecule has 2 fully saturated rings. The Morgan fingerprint density at radius 2 is 1.83 bits per heavy atom. The summed E-state index contributed by atoms with van der Waals surface area (Å²) >= 11 is 3.46. The minimum absolute atomic E-state index is 0.0430. The van der Waals surface area contributed by atoms with Crippen LogP contribution >= 0.6 is 15.9 Å². The Hall–Kier alpha value is -1.90. The Labute approximate surface area is 185 Å². The number of carbonyl (C=O) groups excluding carboxylic acids is 1. The van der Waals surface area contributed by atoms with Crippen molar-refractivity contribution < 1.29 is 17.9 Å². The van der Waals surface area contributed by atoms with Crippen molar-refractivity contribution in [1.29, 1.82) is 0 Å². The molecule has 2 aliphatic rings. The third-order valence-electron chi connectivity index (χ3n) is 5.73. The van der Waals surface area contributed by atoms with Crippen LogP contribution < -0.4 is 4.74 Å². The lowest BCUT2D eigenvalue weighted by Gasteiger charge is -2.37. The number of ether oxygens (including phenoxy) is 1. The van der Waals surface area contributed by atoms with Crippen molar-refractivity contribution >= 4 is 31.7 Å². The SMILES string of the molecule is O=C(c1ccccc1OCc1cccc(Br)c1)N1CCN(C2CCS(=O)(=O)C2)CC1. The van der Waals surface area contributed by atoms with Gasteiger partial charge in [0.1, 0.15) is 12.4 Å². The topological polar surface area (TPSA) is 66.9 Å². The van der Waals surface area contributed by atoms with Crippen molar-refractivity contribution in [2.75, 3.05) is 37.7 Å². The standard InChI is InChI=1S/C22H25BrN2O4S/c23-18-5-3-4-17(14-18)15-29-21-7-2-1-6-20(21)22(26)25-11-9-24(10-12-25)19-8-13-30(27,28)16-19/h1-7,14,19H,8-13,15-16H2. The number of amides is 1. The van der Waals surface area contributed by atoms with E-state index in [1.54, 1.807) is 6.07 Å². The van der Waals surface area contributed by atoms with Gasteiger partial charge in [-0.25, -0.2) is 8.42 Å². The van der Waals surface area contributed by atoms with E-state index in [0.717, 1.165) is 10.0 Å². The molecule has 0 bridgehead atoms. The van der Waals surface area contributed by atoms with Crippen molar-refractivity contribution in [1.82, 2.24) is 9.80 Å². The van der Waals surface area contributed by atoms with E-state index in [0.29, 0.717) is 50.5 Å². The van der Waals surface area contributed by atoms with Gasteiger partial charge in [0.2, 0.25) is 0 Å². The van der Waals surface area contributed by atoms with Gasteiger partial charge >= 0.3 is 0 Å². The molecular formula is C22H25BrN2O4S. The zero-order valence-corrected chi connectivity index (χ0v) is 19.1. The fourth-order valence-corrected chi connectivity index (χ4v) is 6.29. The van der Waals surface area contributed by atoms with Gasteiger partial charge in [-0.3, -0.25) is 9.69 Å². The van der Waals surface area contributed by atoms with Crippen LogP contribution in [0.2, 0.25) is 0 Å². The maximum absolute atomic E-state index is 13.1. The number of piperazine rings is 1. The highest BCUT2D eigenvalue weighted by molar-refractivity contribution is 9.10. The van der Waals surface area contributed by atoms with E-state index >= 15 is 0 Å². The van der Waals surface area contributed by atoms with E-state index in [1.807, 2.05) is 47.4 Å². The number of rotatable bonds is 5. The number of hydrogen-bond donors (Lipinski definition) is 0. The first-order valence-electron chi connectivity index (χ1n) is 10.1. The van der Waals surface area contributed by atoms with E-state index in [1.165, 1.54) is 0 Å². The second-order valence-corrected chi connectivity index (χ2v) is 10.9. The van der Waals surface area contributed by atoms with Crippen molar-refractivity contribution in [3.63, 3.8) is 0 Å². The number of halogens is 1. The summed E-state index contributed by atoms with van der Waals surface area (Å²) in [4.78, 5) is 17.2.